The third kappa shape index (κ3) is 3.02. The van der Waals surface area contributed by atoms with E-state index >= 15 is 0 Å². The third-order valence-corrected chi connectivity index (χ3v) is 3.32. The van der Waals surface area contributed by atoms with Crippen molar-refractivity contribution >= 4 is 17.3 Å². The van der Waals surface area contributed by atoms with Crippen LogP contribution < -0.4 is 4.90 Å². The molecule has 0 aliphatic heterocycles. The van der Waals surface area contributed by atoms with E-state index in [-0.39, 0.29) is 0 Å². The van der Waals surface area contributed by atoms with Crippen LogP contribution in [-0.2, 0) is 6.54 Å². The van der Waals surface area contributed by atoms with Crippen LogP contribution in [0.15, 0.2) is 42.6 Å². The summed E-state index contributed by atoms with van der Waals surface area (Å²) in [4.78, 5) is 6.39. The van der Waals surface area contributed by atoms with Crippen LogP contribution in [-0.4, -0.2) is 11.5 Å². The monoisotopic (exact) mass is 260 g/mol. The lowest BCUT2D eigenvalue weighted by Crippen LogP contribution is -2.22. The Morgan fingerprint density at radius 1 is 1.17 bits per heavy atom. The highest BCUT2D eigenvalue weighted by molar-refractivity contribution is 6.30. The molecule has 1 aromatic carbocycles. The van der Waals surface area contributed by atoms with Crippen molar-refractivity contribution in [2.45, 2.75) is 20.4 Å². The first-order chi connectivity index (χ1) is 8.70. The van der Waals surface area contributed by atoms with Crippen LogP contribution in [0.1, 0.15) is 18.1 Å². The number of halogens is 1. The topological polar surface area (TPSA) is 16.1 Å². The van der Waals surface area contributed by atoms with Gasteiger partial charge in [-0.05, 0) is 32.0 Å². The standard InChI is InChI=1S/C15H17ClN2/c1-3-18(14-8-6-12(2)7-9-14)11-13-5-4-10-17-15(13)16/h4-10H,3,11H2,1-2H3. The van der Waals surface area contributed by atoms with Gasteiger partial charge in [-0.3, -0.25) is 0 Å². The van der Waals surface area contributed by atoms with Crippen molar-refractivity contribution in [1.82, 2.24) is 4.98 Å². The summed E-state index contributed by atoms with van der Waals surface area (Å²) in [6, 6.07) is 12.5. The summed E-state index contributed by atoms with van der Waals surface area (Å²) in [5.74, 6) is 0. The molecule has 0 saturated heterocycles. The average Bonchev–Trinajstić information content (AvgIpc) is 2.39. The Morgan fingerprint density at radius 2 is 1.89 bits per heavy atom. The van der Waals surface area contributed by atoms with Gasteiger partial charge in [-0.2, -0.15) is 0 Å². The normalized spacial score (nSPS) is 10.4. The molecule has 0 saturated carbocycles. The van der Waals surface area contributed by atoms with Gasteiger partial charge in [0, 0.05) is 30.5 Å². The average molecular weight is 261 g/mol. The summed E-state index contributed by atoms with van der Waals surface area (Å²) in [5, 5.41) is 0.586. The van der Waals surface area contributed by atoms with Crippen LogP contribution in [0.5, 0.6) is 0 Å². The highest BCUT2D eigenvalue weighted by atomic mass is 35.5. The second kappa shape index (κ2) is 5.87. The highest BCUT2D eigenvalue weighted by Gasteiger charge is 2.08. The largest absolute Gasteiger partial charge is 0.367 e. The molecule has 0 bridgehead atoms. The smallest absolute Gasteiger partial charge is 0.133 e. The molecule has 2 rings (SSSR count). The second-order valence-corrected chi connectivity index (χ2v) is 4.66. The van der Waals surface area contributed by atoms with E-state index in [4.69, 9.17) is 11.6 Å². The number of anilines is 1. The molecule has 0 radical (unpaired) electrons. The number of aryl methyl sites for hydroxylation is 1. The number of aromatic nitrogens is 1. The van der Waals surface area contributed by atoms with Gasteiger partial charge in [0.15, 0.2) is 0 Å². The molecular formula is C15H17ClN2. The molecule has 0 amide bonds. The lowest BCUT2D eigenvalue weighted by Gasteiger charge is -2.23. The molecule has 2 aromatic rings. The van der Waals surface area contributed by atoms with Gasteiger partial charge in [0.05, 0.1) is 0 Å². The molecule has 3 heteroatoms. The Morgan fingerprint density at radius 3 is 2.50 bits per heavy atom. The van der Waals surface area contributed by atoms with E-state index in [1.165, 1.54) is 11.3 Å². The molecule has 0 aliphatic rings. The van der Waals surface area contributed by atoms with E-state index in [1.807, 2.05) is 12.1 Å². The van der Waals surface area contributed by atoms with Gasteiger partial charge in [-0.15, -0.1) is 0 Å². The maximum atomic E-state index is 6.10. The van der Waals surface area contributed by atoms with Gasteiger partial charge in [0.25, 0.3) is 0 Å². The first-order valence-corrected chi connectivity index (χ1v) is 6.49. The van der Waals surface area contributed by atoms with Gasteiger partial charge >= 0.3 is 0 Å². The molecule has 1 aromatic heterocycles. The minimum absolute atomic E-state index is 0.586. The molecule has 0 aliphatic carbocycles. The number of pyridine rings is 1. The molecule has 0 N–H and O–H groups in total. The zero-order valence-corrected chi connectivity index (χ0v) is 11.5. The number of hydrogen-bond donors (Lipinski definition) is 0. The van der Waals surface area contributed by atoms with Crippen molar-refractivity contribution in [3.8, 4) is 0 Å². The zero-order chi connectivity index (χ0) is 13.0. The van der Waals surface area contributed by atoms with E-state index in [1.54, 1.807) is 6.20 Å². The van der Waals surface area contributed by atoms with E-state index < -0.39 is 0 Å². The van der Waals surface area contributed by atoms with Crippen LogP contribution in [0, 0.1) is 6.92 Å². The third-order valence-electron chi connectivity index (χ3n) is 2.98. The second-order valence-electron chi connectivity index (χ2n) is 4.30. The summed E-state index contributed by atoms with van der Waals surface area (Å²) >= 11 is 6.10. The fraction of sp³-hybridized carbons (Fsp3) is 0.267. The van der Waals surface area contributed by atoms with Crippen LogP contribution >= 0.6 is 11.6 Å². The molecule has 1 heterocycles. The van der Waals surface area contributed by atoms with Crippen LogP contribution in [0.25, 0.3) is 0 Å². The molecule has 2 nitrogen and oxygen atoms in total. The summed E-state index contributed by atoms with van der Waals surface area (Å²) in [5.41, 5.74) is 3.54. The van der Waals surface area contributed by atoms with E-state index in [0.29, 0.717) is 5.15 Å². The first-order valence-electron chi connectivity index (χ1n) is 6.11. The molecule has 94 valence electrons. The Bertz CT molecular complexity index is 508. The van der Waals surface area contributed by atoms with Crippen LogP contribution in [0.2, 0.25) is 5.15 Å². The van der Waals surface area contributed by atoms with Gasteiger partial charge in [0.1, 0.15) is 5.15 Å². The van der Waals surface area contributed by atoms with Gasteiger partial charge in [-0.25, -0.2) is 4.98 Å². The predicted octanol–water partition coefficient (Wildman–Crippen LogP) is 4.07. The van der Waals surface area contributed by atoms with E-state index in [2.05, 4.69) is 48.0 Å². The van der Waals surface area contributed by atoms with Gasteiger partial charge < -0.3 is 4.90 Å². The highest BCUT2D eigenvalue weighted by Crippen LogP contribution is 2.20. The zero-order valence-electron chi connectivity index (χ0n) is 10.7. The predicted molar refractivity (Wildman–Crippen MR) is 77.2 cm³/mol. The van der Waals surface area contributed by atoms with Crippen LogP contribution in [0.4, 0.5) is 5.69 Å². The Hall–Kier alpha value is -1.54. The van der Waals surface area contributed by atoms with Crippen molar-refractivity contribution in [3.05, 3.63) is 58.9 Å². The molecule has 0 atom stereocenters. The summed E-state index contributed by atoms with van der Waals surface area (Å²) < 4.78 is 0. The molecule has 18 heavy (non-hydrogen) atoms. The minimum atomic E-state index is 0.586. The summed E-state index contributed by atoms with van der Waals surface area (Å²) in [6.45, 7) is 5.96. The quantitative estimate of drug-likeness (QED) is 0.771. The van der Waals surface area contributed by atoms with Crippen molar-refractivity contribution < 1.29 is 0 Å². The molecular weight excluding hydrogens is 244 g/mol. The first kappa shape index (κ1) is 12.9. The number of nitrogens with zero attached hydrogens (tertiary/aromatic N) is 2. The fourth-order valence-corrected chi connectivity index (χ4v) is 2.06. The van der Waals surface area contributed by atoms with Crippen molar-refractivity contribution in [2.24, 2.45) is 0 Å². The van der Waals surface area contributed by atoms with Crippen molar-refractivity contribution in [1.29, 1.82) is 0 Å². The SMILES string of the molecule is CCN(Cc1cccnc1Cl)c1ccc(C)cc1. The molecule has 0 spiro atoms. The Kier molecular flexibility index (Phi) is 4.21. The number of rotatable bonds is 4. The Labute approximate surface area is 113 Å². The maximum absolute atomic E-state index is 6.10. The van der Waals surface area contributed by atoms with Crippen molar-refractivity contribution in [3.63, 3.8) is 0 Å². The maximum Gasteiger partial charge on any atom is 0.133 e. The number of hydrogen-bond acceptors (Lipinski definition) is 2. The Balaban J connectivity index is 2.20. The minimum Gasteiger partial charge on any atom is -0.367 e. The molecule has 0 fully saturated rings. The number of benzene rings is 1. The van der Waals surface area contributed by atoms with Crippen molar-refractivity contribution in [2.75, 3.05) is 11.4 Å². The van der Waals surface area contributed by atoms with Gasteiger partial charge in [0.2, 0.25) is 0 Å². The van der Waals surface area contributed by atoms with Crippen LogP contribution in [0.3, 0.4) is 0 Å². The van der Waals surface area contributed by atoms with E-state index in [9.17, 15) is 0 Å². The summed E-state index contributed by atoms with van der Waals surface area (Å²) in [7, 11) is 0. The van der Waals surface area contributed by atoms with E-state index in [0.717, 1.165) is 18.7 Å². The fourth-order valence-electron chi connectivity index (χ4n) is 1.88. The van der Waals surface area contributed by atoms with Gasteiger partial charge in [-0.1, -0.05) is 35.4 Å². The lowest BCUT2D eigenvalue weighted by molar-refractivity contribution is 0.828. The molecule has 0 unspecified atom stereocenters. The lowest BCUT2D eigenvalue weighted by atomic mass is 10.2. The summed E-state index contributed by atoms with van der Waals surface area (Å²) in [6.07, 6.45) is 1.72.